The monoisotopic (exact) mass is 224 g/mol. The van der Waals surface area contributed by atoms with E-state index in [1.165, 1.54) is 0 Å². The van der Waals surface area contributed by atoms with Crippen LogP contribution < -0.4 is 0 Å². The van der Waals surface area contributed by atoms with Crippen LogP contribution in [0.5, 0.6) is 0 Å². The fraction of sp³-hybridized carbons (Fsp3) is 0.889. The molecule has 14 heavy (non-hydrogen) atoms. The molecule has 5 heteroatoms. The first-order chi connectivity index (χ1) is 6.77. The lowest BCUT2D eigenvalue weighted by atomic mass is 10.2. The van der Waals surface area contributed by atoms with Crippen molar-refractivity contribution in [3.63, 3.8) is 0 Å². The molecule has 0 radical (unpaired) electrons. The number of carbonyl (C=O) groups is 1. The van der Waals surface area contributed by atoms with Gasteiger partial charge in [0.15, 0.2) is 0 Å². The molecule has 0 saturated heterocycles. The van der Waals surface area contributed by atoms with Gasteiger partial charge in [0.25, 0.3) is 0 Å². The second kappa shape index (κ2) is 10.8. The largest absolute Gasteiger partial charge is 0.454 e. The molecule has 0 aromatic rings. The highest BCUT2D eigenvalue weighted by Crippen LogP contribution is 2.01. The van der Waals surface area contributed by atoms with Gasteiger partial charge in [0.2, 0.25) is 0 Å². The molecule has 0 atom stereocenters. The van der Waals surface area contributed by atoms with Crippen LogP contribution in [0, 0.1) is 0 Å². The van der Waals surface area contributed by atoms with Crippen LogP contribution in [0.25, 0.3) is 0 Å². The topological polar surface area (TPSA) is 44.8 Å². The number of methoxy groups -OCH3 is 1. The van der Waals surface area contributed by atoms with Crippen LogP contribution in [0.3, 0.4) is 0 Å². The summed E-state index contributed by atoms with van der Waals surface area (Å²) < 4.78 is 14.4. The van der Waals surface area contributed by atoms with Gasteiger partial charge in [-0.3, -0.25) is 0 Å². The molecule has 0 bridgehead atoms. The molecular weight excluding hydrogens is 208 g/mol. The highest BCUT2D eigenvalue weighted by Gasteiger charge is 1.95. The maximum absolute atomic E-state index is 10.2. The maximum Gasteiger partial charge on any atom is 0.403 e. The van der Waals surface area contributed by atoms with Crippen LogP contribution in [0.1, 0.15) is 25.7 Å². The minimum absolute atomic E-state index is 0.351. The molecular formula is C9H17ClO4. The predicted molar refractivity (Wildman–Crippen MR) is 53.5 cm³/mol. The van der Waals surface area contributed by atoms with Crippen molar-refractivity contribution in [2.24, 2.45) is 0 Å². The highest BCUT2D eigenvalue weighted by molar-refractivity contribution is 6.61. The summed E-state index contributed by atoms with van der Waals surface area (Å²) in [5.41, 5.74) is -0.728. The van der Waals surface area contributed by atoms with E-state index in [1.807, 2.05) is 0 Å². The van der Waals surface area contributed by atoms with E-state index >= 15 is 0 Å². The van der Waals surface area contributed by atoms with Crippen LogP contribution in [-0.2, 0) is 14.2 Å². The molecule has 0 aliphatic heterocycles. The molecule has 0 aliphatic carbocycles. The molecule has 0 rings (SSSR count). The molecule has 0 N–H and O–H groups in total. The van der Waals surface area contributed by atoms with Crippen molar-refractivity contribution in [3.8, 4) is 0 Å². The first-order valence-electron chi connectivity index (χ1n) is 4.66. The second-order valence-electron chi connectivity index (χ2n) is 2.82. The van der Waals surface area contributed by atoms with Gasteiger partial charge in [-0.25, -0.2) is 4.79 Å². The number of carbonyl (C=O) groups excluding carboxylic acids is 1. The molecule has 4 nitrogen and oxygen atoms in total. The lowest BCUT2D eigenvalue weighted by Crippen LogP contribution is -1.99. The van der Waals surface area contributed by atoms with Gasteiger partial charge < -0.3 is 14.2 Å². The molecule has 0 spiro atoms. The Morgan fingerprint density at radius 3 is 2.36 bits per heavy atom. The normalized spacial score (nSPS) is 10.1. The Kier molecular flexibility index (Phi) is 10.5. The van der Waals surface area contributed by atoms with Gasteiger partial charge in [-0.05, 0) is 19.3 Å². The molecule has 0 amide bonds. The lowest BCUT2D eigenvalue weighted by molar-refractivity contribution is -0.0316. The fourth-order valence-electron chi connectivity index (χ4n) is 0.954. The Bertz CT molecular complexity index is 141. The standard InChI is InChI=1S/C9H17ClO4/c1-12-8-13-6-4-2-3-5-7-14-9(10)11/h2-8H2,1H3. The van der Waals surface area contributed by atoms with E-state index in [9.17, 15) is 4.79 Å². The summed E-state index contributed by atoms with van der Waals surface area (Å²) >= 11 is 4.98. The van der Waals surface area contributed by atoms with Gasteiger partial charge in [-0.2, -0.15) is 0 Å². The summed E-state index contributed by atoms with van der Waals surface area (Å²) in [4.78, 5) is 10.2. The van der Waals surface area contributed by atoms with Gasteiger partial charge in [-0.1, -0.05) is 6.42 Å². The van der Waals surface area contributed by atoms with Crippen molar-refractivity contribution < 1.29 is 19.0 Å². The first-order valence-corrected chi connectivity index (χ1v) is 5.04. The van der Waals surface area contributed by atoms with Crippen LogP contribution in [0.4, 0.5) is 4.79 Å². The third kappa shape index (κ3) is 11.7. The zero-order valence-corrected chi connectivity index (χ0v) is 9.22. The number of hydrogen-bond acceptors (Lipinski definition) is 4. The highest BCUT2D eigenvalue weighted by atomic mass is 35.5. The van der Waals surface area contributed by atoms with Gasteiger partial charge >= 0.3 is 5.43 Å². The van der Waals surface area contributed by atoms with E-state index < -0.39 is 5.43 Å². The SMILES string of the molecule is COCOCCCCCCOC(=O)Cl. The zero-order chi connectivity index (χ0) is 10.6. The summed E-state index contributed by atoms with van der Waals surface area (Å²) in [5, 5.41) is 0. The Morgan fingerprint density at radius 2 is 1.79 bits per heavy atom. The summed E-state index contributed by atoms with van der Waals surface area (Å²) in [5.74, 6) is 0. The van der Waals surface area contributed by atoms with Crippen molar-refractivity contribution in [2.45, 2.75) is 25.7 Å². The average Bonchev–Trinajstić information content (AvgIpc) is 2.15. The van der Waals surface area contributed by atoms with Crippen LogP contribution in [-0.4, -0.2) is 32.5 Å². The van der Waals surface area contributed by atoms with Crippen LogP contribution in [0.2, 0.25) is 0 Å². The lowest BCUT2D eigenvalue weighted by Gasteiger charge is -2.02. The number of unbranched alkanes of at least 4 members (excludes halogenated alkanes) is 3. The number of halogens is 1. The molecule has 0 aromatic heterocycles. The van der Waals surface area contributed by atoms with Crippen molar-refractivity contribution in [1.82, 2.24) is 0 Å². The van der Waals surface area contributed by atoms with E-state index in [2.05, 4.69) is 4.74 Å². The predicted octanol–water partition coefficient (Wildman–Crippen LogP) is 2.54. The van der Waals surface area contributed by atoms with Crippen LogP contribution >= 0.6 is 11.6 Å². The van der Waals surface area contributed by atoms with Gasteiger partial charge in [0.1, 0.15) is 6.79 Å². The summed E-state index contributed by atoms with van der Waals surface area (Å²) in [6, 6.07) is 0. The van der Waals surface area contributed by atoms with E-state index in [1.54, 1.807) is 7.11 Å². The Morgan fingerprint density at radius 1 is 1.14 bits per heavy atom. The molecule has 0 aromatic carbocycles. The number of ether oxygens (including phenoxy) is 3. The van der Waals surface area contributed by atoms with Gasteiger partial charge in [-0.15, -0.1) is 0 Å². The fourth-order valence-corrected chi connectivity index (χ4v) is 1.03. The molecule has 0 saturated carbocycles. The first kappa shape index (κ1) is 13.7. The van der Waals surface area contributed by atoms with Gasteiger partial charge in [0.05, 0.1) is 6.61 Å². The van der Waals surface area contributed by atoms with Crippen molar-refractivity contribution in [2.75, 3.05) is 27.1 Å². The maximum atomic E-state index is 10.2. The minimum Gasteiger partial charge on any atom is -0.454 e. The average molecular weight is 225 g/mol. The Hall–Kier alpha value is -0.320. The van der Waals surface area contributed by atoms with Crippen molar-refractivity contribution >= 4 is 17.0 Å². The smallest absolute Gasteiger partial charge is 0.403 e. The number of rotatable bonds is 9. The third-order valence-electron chi connectivity index (χ3n) is 1.60. The Labute approximate surface area is 89.5 Å². The summed E-state index contributed by atoms with van der Waals surface area (Å²) in [6.45, 7) is 1.47. The van der Waals surface area contributed by atoms with Crippen LogP contribution in [0.15, 0.2) is 0 Å². The summed E-state index contributed by atoms with van der Waals surface area (Å²) in [7, 11) is 1.60. The van der Waals surface area contributed by atoms with E-state index in [4.69, 9.17) is 21.1 Å². The van der Waals surface area contributed by atoms with E-state index in [-0.39, 0.29) is 0 Å². The number of hydrogen-bond donors (Lipinski definition) is 0. The second-order valence-corrected chi connectivity index (χ2v) is 3.12. The van der Waals surface area contributed by atoms with E-state index in [0.717, 1.165) is 25.7 Å². The quantitative estimate of drug-likeness (QED) is 0.343. The molecule has 0 heterocycles. The minimum atomic E-state index is -0.728. The van der Waals surface area contributed by atoms with Crippen molar-refractivity contribution in [1.29, 1.82) is 0 Å². The molecule has 84 valence electrons. The van der Waals surface area contributed by atoms with E-state index in [0.29, 0.717) is 20.0 Å². The molecule has 0 unspecified atom stereocenters. The van der Waals surface area contributed by atoms with Crippen molar-refractivity contribution in [3.05, 3.63) is 0 Å². The third-order valence-corrected chi connectivity index (χ3v) is 1.71. The van der Waals surface area contributed by atoms with Gasteiger partial charge in [0, 0.05) is 25.3 Å². The summed E-state index contributed by atoms with van der Waals surface area (Å²) in [6.07, 6.45) is 3.92. The molecule has 0 fully saturated rings. The Balaban J connectivity index is 2.88. The zero-order valence-electron chi connectivity index (χ0n) is 8.46. The molecule has 0 aliphatic rings.